The van der Waals surface area contributed by atoms with E-state index < -0.39 is 5.92 Å². The zero-order valence-corrected chi connectivity index (χ0v) is 17.2. The number of fused-ring (bicyclic) bond motifs is 3. The lowest BCUT2D eigenvalue weighted by molar-refractivity contribution is -0.116. The molecule has 1 amide bonds. The highest BCUT2D eigenvalue weighted by Gasteiger charge is 2.32. The van der Waals surface area contributed by atoms with Crippen LogP contribution in [0.15, 0.2) is 90.6 Å². The maximum absolute atomic E-state index is 13.3. The molecule has 0 bridgehead atoms. The Morgan fingerprint density at radius 1 is 0.935 bits per heavy atom. The van der Waals surface area contributed by atoms with Crippen molar-refractivity contribution in [3.05, 3.63) is 102 Å². The molecule has 1 N–H and O–H groups in total. The number of carbonyl (C=O) groups excluding carboxylic acids is 1. The Balaban J connectivity index is 1.29. The lowest BCUT2D eigenvalue weighted by atomic mass is 9.87. The number of para-hydroxylation sites is 2. The number of nitrogens with zero attached hydrogens (tertiary/aromatic N) is 2. The number of benzene rings is 3. The van der Waals surface area contributed by atoms with Crippen molar-refractivity contribution < 1.29 is 9.53 Å². The molecule has 3 aromatic carbocycles. The van der Waals surface area contributed by atoms with Crippen LogP contribution in [0, 0.1) is 0 Å². The number of nitrogens with one attached hydrogen (secondary N) is 1. The van der Waals surface area contributed by atoms with E-state index in [9.17, 15) is 4.79 Å². The van der Waals surface area contributed by atoms with Crippen molar-refractivity contribution in [3.63, 3.8) is 0 Å². The van der Waals surface area contributed by atoms with E-state index in [-0.39, 0.29) is 5.91 Å². The van der Waals surface area contributed by atoms with Crippen molar-refractivity contribution in [2.45, 2.75) is 5.92 Å². The zero-order valence-electron chi connectivity index (χ0n) is 16.4. The zero-order chi connectivity index (χ0) is 20.8. The second-order valence-electron chi connectivity index (χ2n) is 7.40. The molecular weight excluding hydrogens is 406 g/mol. The van der Waals surface area contributed by atoms with Gasteiger partial charge in [-0.15, -0.1) is 11.3 Å². The molecule has 6 heteroatoms. The van der Waals surface area contributed by atoms with Gasteiger partial charge in [0.2, 0.25) is 5.91 Å². The maximum Gasteiger partial charge on any atom is 0.236 e. The number of amides is 1. The molecule has 31 heavy (non-hydrogen) atoms. The Morgan fingerprint density at radius 3 is 2.29 bits per heavy atom. The number of rotatable bonds is 3. The molecule has 0 aliphatic carbocycles. The third-order valence-electron chi connectivity index (χ3n) is 5.48. The van der Waals surface area contributed by atoms with Gasteiger partial charge in [-0.2, -0.15) is 0 Å². The number of anilines is 1. The van der Waals surface area contributed by atoms with Crippen LogP contribution in [-0.4, -0.2) is 15.3 Å². The van der Waals surface area contributed by atoms with Crippen LogP contribution in [0.1, 0.15) is 17.0 Å². The fraction of sp³-hybridized carbons (Fsp3) is 0.0400. The van der Waals surface area contributed by atoms with Crippen molar-refractivity contribution in [2.75, 3.05) is 5.32 Å². The lowest BCUT2D eigenvalue weighted by Crippen LogP contribution is -2.25. The molecule has 6 rings (SSSR count). The first-order valence-corrected chi connectivity index (χ1v) is 10.8. The Kier molecular flexibility index (Phi) is 4.11. The quantitative estimate of drug-likeness (QED) is 0.391. The van der Waals surface area contributed by atoms with Gasteiger partial charge in [-0.1, -0.05) is 48.5 Å². The second kappa shape index (κ2) is 7.11. The normalized spacial score (nSPS) is 12.8. The summed E-state index contributed by atoms with van der Waals surface area (Å²) in [7, 11) is 0. The molecule has 0 unspecified atom stereocenters. The first-order chi connectivity index (χ1) is 15.3. The molecule has 5 nitrogen and oxygen atoms in total. The van der Waals surface area contributed by atoms with Gasteiger partial charge in [0.05, 0.1) is 11.6 Å². The van der Waals surface area contributed by atoms with Crippen molar-refractivity contribution in [1.82, 2.24) is 9.38 Å². The summed E-state index contributed by atoms with van der Waals surface area (Å²) in [6.45, 7) is 0. The van der Waals surface area contributed by atoms with E-state index in [0.29, 0.717) is 0 Å². The van der Waals surface area contributed by atoms with Gasteiger partial charge in [0, 0.05) is 40.2 Å². The largest absolute Gasteiger partial charge is 0.457 e. The van der Waals surface area contributed by atoms with Gasteiger partial charge in [0.25, 0.3) is 0 Å². The average molecular weight is 423 g/mol. The minimum Gasteiger partial charge on any atom is -0.457 e. The topological polar surface area (TPSA) is 55.6 Å². The number of imidazole rings is 1. The molecule has 0 radical (unpaired) electrons. The molecule has 150 valence electrons. The maximum atomic E-state index is 13.3. The molecule has 1 aliphatic rings. The van der Waals surface area contributed by atoms with Crippen LogP contribution in [0.3, 0.4) is 0 Å². The van der Waals surface area contributed by atoms with Crippen LogP contribution < -0.4 is 10.1 Å². The number of hydrogen-bond acceptors (Lipinski definition) is 4. The summed E-state index contributed by atoms with van der Waals surface area (Å²) in [6, 6.07) is 23.2. The summed E-state index contributed by atoms with van der Waals surface area (Å²) >= 11 is 1.60. The van der Waals surface area contributed by atoms with Crippen LogP contribution in [0.2, 0.25) is 0 Å². The number of aromatic nitrogens is 2. The molecule has 1 aliphatic heterocycles. The SMILES string of the molecule is O=C(Nc1ccc(-c2cn3ccsc3n2)cc1)C1c2ccccc2Oc2ccccc21. The summed E-state index contributed by atoms with van der Waals surface area (Å²) in [4.78, 5) is 18.9. The van der Waals surface area contributed by atoms with Crippen molar-refractivity contribution in [3.8, 4) is 22.8 Å². The molecule has 3 heterocycles. The third-order valence-corrected chi connectivity index (χ3v) is 6.25. The van der Waals surface area contributed by atoms with E-state index in [1.165, 1.54) is 0 Å². The van der Waals surface area contributed by atoms with E-state index in [0.717, 1.165) is 44.5 Å². The summed E-state index contributed by atoms with van der Waals surface area (Å²) in [5, 5.41) is 5.09. The van der Waals surface area contributed by atoms with Gasteiger partial charge in [-0.25, -0.2) is 4.98 Å². The van der Waals surface area contributed by atoms with E-state index >= 15 is 0 Å². The Hall–Kier alpha value is -3.90. The average Bonchev–Trinajstić information content (AvgIpc) is 3.40. The van der Waals surface area contributed by atoms with Crippen LogP contribution in [0.5, 0.6) is 11.5 Å². The third kappa shape index (κ3) is 3.08. The minimum absolute atomic E-state index is 0.0848. The summed E-state index contributed by atoms with van der Waals surface area (Å²) in [5.41, 5.74) is 4.41. The van der Waals surface area contributed by atoms with Gasteiger partial charge in [-0.05, 0) is 24.3 Å². The summed E-state index contributed by atoms with van der Waals surface area (Å²) < 4.78 is 8.01. The first kappa shape index (κ1) is 17.9. The highest BCUT2D eigenvalue weighted by Crippen LogP contribution is 2.44. The summed E-state index contributed by atoms with van der Waals surface area (Å²) in [6.07, 6.45) is 4.00. The molecule has 0 spiro atoms. The van der Waals surface area contributed by atoms with Crippen LogP contribution in [-0.2, 0) is 4.79 Å². The molecule has 0 saturated carbocycles. The van der Waals surface area contributed by atoms with Gasteiger partial charge in [0.1, 0.15) is 11.5 Å². The number of carbonyl (C=O) groups is 1. The fourth-order valence-electron chi connectivity index (χ4n) is 4.00. The van der Waals surface area contributed by atoms with E-state index in [4.69, 9.17) is 4.74 Å². The first-order valence-electron chi connectivity index (χ1n) is 9.95. The predicted octanol–water partition coefficient (Wildman–Crippen LogP) is 5.94. The highest BCUT2D eigenvalue weighted by molar-refractivity contribution is 7.15. The predicted molar refractivity (Wildman–Crippen MR) is 122 cm³/mol. The molecule has 0 atom stereocenters. The smallest absolute Gasteiger partial charge is 0.236 e. The van der Waals surface area contributed by atoms with Gasteiger partial charge in [-0.3, -0.25) is 9.20 Å². The molecule has 0 saturated heterocycles. The number of thiazole rings is 1. The van der Waals surface area contributed by atoms with Crippen LogP contribution >= 0.6 is 11.3 Å². The highest BCUT2D eigenvalue weighted by atomic mass is 32.1. The standard InChI is InChI=1S/C25H17N3O2S/c29-24(23-18-5-1-3-7-21(18)30-22-8-4-2-6-19(22)23)26-17-11-9-16(10-12-17)20-15-28-13-14-31-25(28)27-20/h1-15,23H,(H,26,29). The molecule has 5 aromatic rings. The molecule has 0 fully saturated rings. The molecule has 2 aromatic heterocycles. The van der Waals surface area contributed by atoms with Gasteiger partial charge >= 0.3 is 0 Å². The van der Waals surface area contributed by atoms with Gasteiger partial charge < -0.3 is 10.1 Å². The number of hydrogen-bond donors (Lipinski definition) is 1. The number of ether oxygens (including phenoxy) is 1. The minimum atomic E-state index is -0.430. The Morgan fingerprint density at radius 2 is 1.61 bits per heavy atom. The fourth-order valence-corrected chi connectivity index (χ4v) is 4.70. The van der Waals surface area contributed by atoms with Crippen molar-refractivity contribution in [1.29, 1.82) is 0 Å². The molecular formula is C25H17N3O2S. The lowest BCUT2D eigenvalue weighted by Gasteiger charge is -2.27. The van der Waals surface area contributed by atoms with Gasteiger partial charge in [0.15, 0.2) is 4.96 Å². The monoisotopic (exact) mass is 423 g/mol. The Bertz CT molecular complexity index is 1340. The van der Waals surface area contributed by atoms with E-state index in [1.807, 2.05) is 95.0 Å². The van der Waals surface area contributed by atoms with E-state index in [2.05, 4.69) is 10.3 Å². The van der Waals surface area contributed by atoms with Crippen molar-refractivity contribution in [2.24, 2.45) is 0 Å². The van der Waals surface area contributed by atoms with Crippen LogP contribution in [0.25, 0.3) is 16.2 Å². The van der Waals surface area contributed by atoms with Crippen molar-refractivity contribution >= 4 is 27.9 Å². The summed E-state index contributed by atoms with van der Waals surface area (Å²) in [5.74, 6) is 0.923. The Labute approximate surface area is 182 Å². The van der Waals surface area contributed by atoms with Crippen LogP contribution in [0.4, 0.5) is 5.69 Å². The van der Waals surface area contributed by atoms with E-state index in [1.54, 1.807) is 11.3 Å². The second-order valence-corrected chi connectivity index (χ2v) is 8.27.